The summed E-state index contributed by atoms with van der Waals surface area (Å²) in [6.45, 7) is 0. The largest absolute Gasteiger partial charge is 0.449 e. The normalized spacial score (nSPS) is 12.4. The molecule has 1 atom stereocenters. The Hall–Kier alpha value is -4.13. The number of ketones is 1. The van der Waals surface area contributed by atoms with Gasteiger partial charge < -0.3 is 20.5 Å². The molecule has 0 aromatic heterocycles. The van der Waals surface area contributed by atoms with E-state index in [2.05, 4.69) is 5.32 Å². The molecule has 7 heteroatoms. The Morgan fingerprint density at radius 1 is 0.800 bits per heavy atom. The molecule has 1 unspecified atom stereocenters. The number of Topliss-reactive ketones (excluding diaryl/α,β-unsaturated/α-hetero) is 1. The summed E-state index contributed by atoms with van der Waals surface area (Å²) in [5.41, 5.74) is 6.14. The lowest BCUT2D eigenvalue weighted by Gasteiger charge is -2.23. The van der Waals surface area contributed by atoms with Crippen molar-refractivity contribution in [3.63, 3.8) is 0 Å². The van der Waals surface area contributed by atoms with Crippen LogP contribution in [0.15, 0.2) is 72.8 Å². The molecule has 0 saturated heterocycles. The second kappa shape index (κ2) is 8.08. The number of hydrogen-bond donors (Lipinski definition) is 2. The molecular weight excluding hydrogens is 384 g/mol. The average molecular weight is 402 g/mol. The Bertz CT molecular complexity index is 1130. The Labute approximate surface area is 172 Å². The van der Waals surface area contributed by atoms with Crippen molar-refractivity contribution in [2.45, 2.75) is 12.5 Å². The maximum absolute atomic E-state index is 13.0. The zero-order chi connectivity index (χ0) is 21.1. The summed E-state index contributed by atoms with van der Waals surface area (Å²) in [7, 11) is 0. The Kier molecular flexibility index (Phi) is 5.17. The molecule has 3 aromatic carbocycles. The smallest absolute Gasteiger partial charge is 0.287 e. The fourth-order valence-corrected chi connectivity index (χ4v) is 3.19. The molecule has 1 heterocycles. The van der Waals surface area contributed by atoms with E-state index in [0.29, 0.717) is 17.2 Å². The number of benzene rings is 3. The third kappa shape index (κ3) is 3.86. The van der Waals surface area contributed by atoms with Crippen LogP contribution in [0.3, 0.4) is 0 Å². The maximum atomic E-state index is 13.0. The van der Waals surface area contributed by atoms with Crippen LogP contribution in [0.25, 0.3) is 0 Å². The molecule has 4 rings (SSSR count). The van der Waals surface area contributed by atoms with Gasteiger partial charge in [-0.05, 0) is 29.8 Å². The third-order valence-corrected chi connectivity index (χ3v) is 4.65. The number of fused-ring (bicyclic) bond motifs is 2. The van der Waals surface area contributed by atoms with Crippen LogP contribution in [0, 0.1) is 0 Å². The second-order valence-electron chi connectivity index (χ2n) is 6.73. The maximum Gasteiger partial charge on any atom is 0.287 e. The van der Waals surface area contributed by atoms with Crippen molar-refractivity contribution in [3.8, 4) is 23.0 Å². The highest BCUT2D eigenvalue weighted by Crippen LogP contribution is 2.46. The summed E-state index contributed by atoms with van der Waals surface area (Å²) in [6, 6.07) is 19.9. The van der Waals surface area contributed by atoms with Gasteiger partial charge in [0.25, 0.3) is 11.8 Å². The highest BCUT2D eigenvalue weighted by Gasteiger charge is 2.29. The fraction of sp³-hybridized carbons (Fsp3) is 0.0870. The molecule has 0 aliphatic carbocycles. The standard InChI is InChI=1S/C23H18N2O5/c24-22(27)20(26)16(13-14-7-2-1-3-8-14)25-23(28)15-9-6-12-19-21(15)30-18-11-5-4-10-17(18)29-19/h1-12,16H,13H2,(H2,24,27)(H,25,28). The van der Waals surface area contributed by atoms with Crippen molar-refractivity contribution >= 4 is 17.6 Å². The minimum Gasteiger partial charge on any atom is -0.449 e. The lowest BCUT2D eigenvalue weighted by Crippen LogP contribution is -2.47. The van der Waals surface area contributed by atoms with Crippen molar-refractivity contribution in [2.75, 3.05) is 0 Å². The first-order chi connectivity index (χ1) is 14.5. The number of carbonyl (C=O) groups is 3. The predicted octanol–water partition coefficient (Wildman–Crippen LogP) is 2.98. The minimum atomic E-state index is -1.11. The van der Waals surface area contributed by atoms with Crippen LogP contribution in [0.4, 0.5) is 0 Å². The molecule has 30 heavy (non-hydrogen) atoms. The lowest BCUT2D eigenvalue weighted by atomic mass is 10.0. The van der Waals surface area contributed by atoms with Crippen LogP contribution in [0.5, 0.6) is 23.0 Å². The molecule has 1 aliphatic heterocycles. The number of amides is 2. The number of ether oxygens (including phenoxy) is 2. The number of nitrogens with one attached hydrogen (secondary N) is 1. The van der Waals surface area contributed by atoms with Gasteiger partial charge in [0, 0.05) is 6.42 Å². The van der Waals surface area contributed by atoms with E-state index in [-0.39, 0.29) is 17.7 Å². The van der Waals surface area contributed by atoms with Gasteiger partial charge in [0.2, 0.25) is 5.78 Å². The molecule has 0 bridgehead atoms. The van der Waals surface area contributed by atoms with E-state index in [9.17, 15) is 14.4 Å². The summed E-state index contributed by atoms with van der Waals surface area (Å²) in [6.07, 6.45) is 0.129. The number of para-hydroxylation sites is 3. The molecule has 3 aromatic rings. The summed E-state index contributed by atoms with van der Waals surface area (Å²) >= 11 is 0. The molecule has 0 saturated carbocycles. The van der Waals surface area contributed by atoms with E-state index in [4.69, 9.17) is 15.2 Å². The number of carbonyl (C=O) groups excluding carboxylic acids is 3. The van der Waals surface area contributed by atoms with Crippen LogP contribution in [-0.2, 0) is 16.0 Å². The van der Waals surface area contributed by atoms with E-state index in [1.54, 1.807) is 60.7 Å². The van der Waals surface area contributed by atoms with Gasteiger partial charge in [-0.15, -0.1) is 0 Å². The highest BCUT2D eigenvalue weighted by molar-refractivity contribution is 6.38. The van der Waals surface area contributed by atoms with Crippen molar-refractivity contribution in [2.24, 2.45) is 5.73 Å². The number of primary amides is 1. The van der Waals surface area contributed by atoms with Gasteiger partial charge in [-0.1, -0.05) is 48.5 Å². The van der Waals surface area contributed by atoms with Crippen LogP contribution >= 0.6 is 0 Å². The monoisotopic (exact) mass is 402 g/mol. The van der Waals surface area contributed by atoms with Gasteiger partial charge in [0.1, 0.15) is 6.04 Å². The third-order valence-electron chi connectivity index (χ3n) is 4.65. The molecule has 3 N–H and O–H groups in total. The predicted molar refractivity (Wildman–Crippen MR) is 109 cm³/mol. The SMILES string of the molecule is NC(=O)C(=O)C(Cc1ccccc1)NC(=O)c1cccc2c1Oc1ccccc1O2. The quantitative estimate of drug-likeness (QED) is 0.482. The second-order valence-corrected chi connectivity index (χ2v) is 6.73. The van der Waals surface area contributed by atoms with Gasteiger partial charge >= 0.3 is 0 Å². The molecule has 2 amide bonds. The van der Waals surface area contributed by atoms with Crippen molar-refractivity contribution in [1.82, 2.24) is 5.32 Å². The topological polar surface area (TPSA) is 108 Å². The first-order valence-electron chi connectivity index (χ1n) is 9.29. The van der Waals surface area contributed by atoms with Gasteiger partial charge in [-0.2, -0.15) is 0 Å². The summed E-state index contributed by atoms with van der Waals surface area (Å²) in [5, 5.41) is 2.61. The van der Waals surface area contributed by atoms with Crippen molar-refractivity contribution in [1.29, 1.82) is 0 Å². The molecule has 0 spiro atoms. The van der Waals surface area contributed by atoms with Crippen LogP contribution in [0.2, 0.25) is 0 Å². The van der Waals surface area contributed by atoms with Gasteiger partial charge in [-0.3, -0.25) is 14.4 Å². The van der Waals surface area contributed by atoms with Gasteiger partial charge in [-0.25, -0.2) is 0 Å². The summed E-state index contributed by atoms with van der Waals surface area (Å²) < 4.78 is 11.7. The Balaban J connectivity index is 1.61. The van der Waals surface area contributed by atoms with Crippen LogP contribution in [-0.4, -0.2) is 23.6 Å². The molecule has 150 valence electrons. The average Bonchev–Trinajstić information content (AvgIpc) is 2.76. The number of nitrogens with two attached hydrogens (primary N) is 1. The van der Waals surface area contributed by atoms with E-state index in [1.165, 1.54) is 0 Å². The Morgan fingerprint density at radius 2 is 1.43 bits per heavy atom. The van der Waals surface area contributed by atoms with Gasteiger partial charge in [0.15, 0.2) is 23.0 Å². The highest BCUT2D eigenvalue weighted by atomic mass is 16.6. The molecule has 1 aliphatic rings. The van der Waals surface area contributed by atoms with Crippen molar-refractivity contribution < 1.29 is 23.9 Å². The molecule has 0 radical (unpaired) electrons. The molecular formula is C23H18N2O5. The number of hydrogen-bond acceptors (Lipinski definition) is 5. The molecule has 7 nitrogen and oxygen atoms in total. The summed E-state index contributed by atoms with van der Waals surface area (Å²) in [5.74, 6) is -0.946. The Morgan fingerprint density at radius 3 is 2.13 bits per heavy atom. The van der Waals surface area contributed by atoms with Gasteiger partial charge in [0.05, 0.1) is 5.56 Å². The van der Waals surface area contributed by atoms with E-state index in [1.807, 2.05) is 12.1 Å². The first-order valence-corrected chi connectivity index (χ1v) is 9.29. The fourth-order valence-electron chi connectivity index (χ4n) is 3.19. The summed E-state index contributed by atoms with van der Waals surface area (Å²) in [4.78, 5) is 36.8. The van der Waals surface area contributed by atoms with Crippen LogP contribution < -0.4 is 20.5 Å². The van der Waals surface area contributed by atoms with E-state index in [0.717, 1.165) is 5.56 Å². The number of rotatable bonds is 6. The van der Waals surface area contributed by atoms with Crippen molar-refractivity contribution in [3.05, 3.63) is 83.9 Å². The molecule has 0 fully saturated rings. The van der Waals surface area contributed by atoms with E-state index < -0.39 is 23.6 Å². The van der Waals surface area contributed by atoms with E-state index >= 15 is 0 Å². The zero-order valence-electron chi connectivity index (χ0n) is 15.8. The zero-order valence-corrected chi connectivity index (χ0v) is 15.8. The minimum absolute atomic E-state index is 0.129. The first kappa shape index (κ1) is 19.2. The van der Waals surface area contributed by atoms with Crippen LogP contribution in [0.1, 0.15) is 15.9 Å². The lowest BCUT2D eigenvalue weighted by molar-refractivity contribution is -0.137.